The van der Waals surface area contributed by atoms with Gasteiger partial charge in [0.05, 0.1) is 0 Å². The zero-order valence-corrected chi connectivity index (χ0v) is 11.8. The minimum atomic E-state index is -0.975. The molecule has 0 spiro atoms. The quantitative estimate of drug-likeness (QED) is 0.712. The molecular formula is C12H20N2O3S. The van der Waals surface area contributed by atoms with E-state index in [2.05, 4.69) is 24.1 Å². The number of rotatable bonds is 8. The summed E-state index contributed by atoms with van der Waals surface area (Å²) in [5.41, 5.74) is 0.138. The molecule has 1 aromatic rings. The number of aryl methyl sites for hydroxylation is 1. The van der Waals surface area contributed by atoms with Crippen molar-refractivity contribution in [2.75, 3.05) is 25.1 Å². The molecule has 0 radical (unpaired) electrons. The summed E-state index contributed by atoms with van der Waals surface area (Å²) in [6.07, 6.45) is 0.883. The lowest BCUT2D eigenvalue weighted by atomic mass is 10.2. The van der Waals surface area contributed by atoms with E-state index in [9.17, 15) is 4.79 Å². The minimum Gasteiger partial charge on any atom is -0.476 e. The Morgan fingerprint density at radius 3 is 2.83 bits per heavy atom. The fraction of sp³-hybridized carbons (Fsp3) is 0.667. The summed E-state index contributed by atoms with van der Waals surface area (Å²) in [6, 6.07) is 0. The summed E-state index contributed by atoms with van der Waals surface area (Å²) in [7, 11) is 0. The van der Waals surface area contributed by atoms with Gasteiger partial charge in [-0.3, -0.25) is 0 Å². The fourth-order valence-electron chi connectivity index (χ4n) is 1.36. The Morgan fingerprint density at radius 2 is 2.28 bits per heavy atom. The van der Waals surface area contributed by atoms with Gasteiger partial charge < -0.3 is 15.2 Å². The molecule has 102 valence electrons. The zero-order valence-electron chi connectivity index (χ0n) is 11.0. The van der Waals surface area contributed by atoms with Gasteiger partial charge in [0.25, 0.3) is 0 Å². The molecule has 1 aromatic heterocycles. The van der Waals surface area contributed by atoms with E-state index in [1.54, 1.807) is 6.92 Å². The maximum Gasteiger partial charge on any atom is 0.355 e. The summed E-state index contributed by atoms with van der Waals surface area (Å²) in [5, 5.41) is 12.6. The maximum atomic E-state index is 10.8. The summed E-state index contributed by atoms with van der Waals surface area (Å²) in [6.45, 7) is 8.22. The molecule has 0 aliphatic heterocycles. The monoisotopic (exact) mass is 272 g/mol. The van der Waals surface area contributed by atoms with Crippen LogP contribution in [-0.4, -0.2) is 35.8 Å². The molecule has 5 nitrogen and oxygen atoms in total. The molecule has 1 rings (SSSR count). The molecule has 6 heteroatoms. The Hall–Kier alpha value is -1.14. The van der Waals surface area contributed by atoms with E-state index in [0.29, 0.717) is 17.7 Å². The smallest absolute Gasteiger partial charge is 0.355 e. The first-order valence-corrected chi connectivity index (χ1v) is 6.84. The normalized spacial score (nSPS) is 10.9. The predicted octanol–water partition coefficient (Wildman–Crippen LogP) is 2.62. The fourth-order valence-corrected chi connectivity index (χ4v) is 2.19. The lowest BCUT2D eigenvalue weighted by Crippen LogP contribution is -2.08. The maximum absolute atomic E-state index is 10.8. The van der Waals surface area contributed by atoms with Crippen molar-refractivity contribution in [1.29, 1.82) is 0 Å². The van der Waals surface area contributed by atoms with E-state index in [1.807, 2.05) is 0 Å². The number of nitrogens with zero attached hydrogens (tertiary/aromatic N) is 1. The van der Waals surface area contributed by atoms with Crippen LogP contribution in [0, 0.1) is 12.8 Å². The summed E-state index contributed by atoms with van der Waals surface area (Å²) < 4.78 is 5.45. The van der Waals surface area contributed by atoms with Crippen molar-refractivity contribution in [3.63, 3.8) is 0 Å². The molecule has 0 fully saturated rings. The third-order valence-electron chi connectivity index (χ3n) is 2.19. The van der Waals surface area contributed by atoms with Crippen molar-refractivity contribution in [1.82, 2.24) is 4.98 Å². The summed E-state index contributed by atoms with van der Waals surface area (Å²) >= 11 is 1.37. The predicted molar refractivity (Wildman–Crippen MR) is 72.6 cm³/mol. The molecular weight excluding hydrogens is 252 g/mol. The molecule has 0 aromatic carbocycles. The van der Waals surface area contributed by atoms with E-state index < -0.39 is 5.97 Å². The largest absolute Gasteiger partial charge is 0.476 e. The van der Waals surface area contributed by atoms with Crippen LogP contribution in [0.2, 0.25) is 0 Å². The SMILES string of the molecule is Cc1sc(NCCCOCC(C)C)nc1C(=O)O. The van der Waals surface area contributed by atoms with Crippen molar-refractivity contribution in [3.05, 3.63) is 10.6 Å². The Balaban J connectivity index is 2.23. The van der Waals surface area contributed by atoms with Gasteiger partial charge in [-0.25, -0.2) is 9.78 Å². The second-order valence-electron chi connectivity index (χ2n) is 4.48. The number of aromatic nitrogens is 1. The average molecular weight is 272 g/mol. The molecule has 0 aliphatic carbocycles. The first-order valence-electron chi connectivity index (χ1n) is 6.03. The molecule has 2 N–H and O–H groups in total. The Labute approximate surface area is 111 Å². The molecule has 0 aliphatic rings. The number of carbonyl (C=O) groups is 1. The molecule has 0 saturated carbocycles. The van der Waals surface area contributed by atoms with Crippen LogP contribution < -0.4 is 5.32 Å². The minimum absolute atomic E-state index is 0.138. The second-order valence-corrected chi connectivity index (χ2v) is 5.68. The highest BCUT2D eigenvalue weighted by molar-refractivity contribution is 7.15. The van der Waals surface area contributed by atoms with Crippen molar-refractivity contribution in [2.24, 2.45) is 5.92 Å². The van der Waals surface area contributed by atoms with Crippen LogP contribution in [0.25, 0.3) is 0 Å². The zero-order chi connectivity index (χ0) is 13.5. The molecule has 1 heterocycles. The van der Waals surface area contributed by atoms with Gasteiger partial charge in [-0.2, -0.15) is 0 Å². The number of hydrogen-bond acceptors (Lipinski definition) is 5. The Morgan fingerprint density at radius 1 is 1.56 bits per heavy atom. The third-order valence-corrected chi connectivity index (χ3v) is 3.12. The lowest BCUT2D eigenvalue weighted by molar-refractivity contribution is 0.0690. The van der Waals surface area contributed by atoms with E-state index in [0.717, 1.165) is 24.4 Å². The van der Waals surface area contributed by atoms with Crippen molar-refractivity contribution in [2.45, 2.75) is 27.2 Å². The van der Waals surface area contributed by atoms with Gasteiger partial charge in [0.2, 0.25) is 0 Å². The highest BCUT2D eigenvalue weighted by atomic mass is 32.1. The number of ether oxygens (including phenoxy) is 1. The first kappa shape index (κ1) is 14.9. The van der Waals surface area contributed by atoms with Crippen LogP contribution >= 0.6 is 11.3 Å². The van der Waals surface area contributed by atoms with Gasteiger partial charge in [-0.1, -0.05) is 13.8 Å². The van der Waals surface area contributed by atoms with Crippen LogP contribution in [0.15, 0.2) is 0 Å². The summed E-state index contributed by atoms with van der Waals surface area (Å²) in [5.74, 6) is -0.422. The number of carboxylic acids is 1. The Bertz CT molecular complexity index is 391. The molecule has 0 saturated heterocycles. The van der Waals surface area contributed by atoms with Gasteiger partial charge in [0.1, 0.15) is 0 Å². The standard InChI is InChI=1S/C12H20N2O3S/c1-8(2)7-17-6-4-5-13-12-14-10(11(15)16)9(3)18-12/h8H,4-7H2,1-3H3,(H,13,14)(H,15,16). The second kappa shape index (κ2) is 7.33. The Kier molecular flexibility index (Phi) is 6.07. The van der Waals surface area contributed by atoms with Gasteiger partial charge in [-0.05, 0) is 19.3 Å². The van der Waals surface area contributed by atoms with Crippen molar-refractivity contribution < 1.29 is 14.6 Å². The van der Waals surface area contributed by atoms with E-state index in [-0.39, 0.29) is 5.69 Å². The molecule has 0 amide bonds. The number of thiazole rings is 1. The summed E-state index contributed by atoms with van der Waals surface area (Å²) in [4.78, 5) is 15.6. The van der Waals surface area contributed by atoms with Crippen LogP contribution in [0.4, 0.5) is 5.13 Å². The van der Waals surface area contributed by atoms with Crippen molar-refractivity contribution in [3.8, 4) is 0 Å². The number of aromatic carboxylic acids is 1. The van der Waals surface area contributed by atoms with Crippen molar-refractivity contribution >= 4 is 22.4 Å². The van der Waals surface area contributed by atoms with E-state index >= 15 is 0 Å². The van der Waals surface area contributed by atoms with Crippen LogP contribution in [0.3, 0.4) is 0 Å². The molecule has 18 heavy (non-hydrogen) atoms. The van der Waals surface area contributed by atoms with Gasteiger partial charge in [0.15, 0.2) is 10.8 Å². The highest BCUT2D eigenvalue weighted by Crippen LogP contribution is 2.21. The van der Waals surface area contributed by atoms with E-state index in [1.165, 1.54) is 11.3 Å². The average Bonchev–Trinajstić information content (AvgIpc) is 2.64. The van der Waals surface area contributed by atoms with Crippen LogP contribution in [0.1, 0.15) is 35.6 Å². The molecule has 0 atom stereocenters. The number of anilines is 1. The number of hydrogen-bond donors (Lipinski definition) is 2. The number of carboxylic acid groups (broad SMARTS) is 1. The van der Waals surface area contributed by atoms with Gasteiger partial charge in [-0.15, -0.1) is 11.3 Å². The van der Waals surface area contributed by atoms with Crippen LogP contribution in [-0.2, 0) is 4.74 Å². The van der Waals surface area contributed by atoms with Gasteiger partial charge in [0, 0.05) is 24.6 Å². The number of nitrogens with one attached hydrogen (secondary N) is 1. The molecule has 0 bridgehead atoms. The molecule has 0 unspecified atom stereocenters. The lowest BCUT2D eigenvalue weighted by Gasteiger charge is -2.06. The third kappa shape index (κ3) is 5.01. The highest BCUT2D eigenvalue weighted by Gasteiger charge is 2.13. The topological polar surface area (TPSA) is 71.5 Å². The van der Waals surface area contributed by atoms with E-state index in [4.69, 9.17) is 9.84 Å². The first-order chi connectivity index (χ1) is 8.50. The van der Waals surface area contributed by atoms with Gasteiger partial charge >= 0.3 is 5.97 Å². The van der Waals surface area contributed by atoms with Crippen LogP contribution in [0.5, 0.6) is 0 Å².